The van der Waals surface area contributed by atoms with E-state index in [1.54, 1.807) is 43.5 Å². The van der Waals surface area contributed by atoms with Gasteiger partial charge in [-0.05, 0) is 17.7 Å². The van der Waals surface area contributed by atoms with Crippen LogP contribution in [0, 0.1) is 16.0 Å². The summed E-state index contributed by atoms with van der Waals surface area (Å²) in [6, 6.07) is 16.2. The van der Waals surface area contributed by atoms with Gasteiger partial charge in [-0.15, -0.1) is 0 Å². The molecule has 5 heteroatoms. The molecule has 0 amide bonds. The van der Waals surface area contributed by atoms with Crippen molar-refractivity contribution in [3.63, 3.8) is 0 Å². The van der Waals surface area contributed by atoms with Gasteiger partial charge in [0.05, 0.1) is 7.11 Å². The zero-order valence-electron chi connectivity index (χ0n) is 13.4. The van der Waals surface area contributed by atoms with Crippen LogP contribution in [0.25, 0.3) is 6.08 Å². The summed E-state index contributed by atoms with van der Waals surface area (Å²) in [5, 5.41) is 10.9. The van der Waals surface area contributed by atoms with Gasteiger partial charge < -0.3 is 4.74 Å². The zero-order valence-corrected chi connectivity index (χ0v) is 13.4. The molecule has 0 aliphatic carbocycles. The van der Waals surface area contributed by atoms with Crippen molar-refractivity contribution in [2.45, 2.75) is 6.42 Å². The van der Waals surface area contributed by atoms with Gasteiger partial charge in [-0.25, -0.2) is 0 Å². The molecule has 0 aromatic heterocycles. The van der Waals surface area contributed by atoms with Gasteiger partial charge in [0.2, 0.25) is 6.54 Å². The van der Waals surface area contributed by atoms with E-state index in [0.29, 0.717) is 5.56 Å². The second kappa shape index (κ2) is 8.62. The summed E-state index contributed by atoms with van der Waals surface area (Å²) in [5.74, 6) is 0.199. The minimum absolute atomic E-state index is 0.0955. The minimum atomic E-state index is -0.449. The highest BCUT2D eigenvalue weighted by atomic mass is 16.6. The monoisotopic (exact) mass is 325 g/mol. The number of Topliss-reactive ketones (excluding diaryl/α,β-unsaturated/α-hetero) is 1. The van der Waals surface area contributed by atoms with Gasteiger partial charge in [-0.1, -0.05) is 54.6 Å². The van der Waals surface area contributed by atoms with E-state index in [9.17, 15) is 14.9 Å². The Balaban J connectivity index is 2.08. The molecule has 0 aliphatic heterocycles. The fourth-order valence-electron chi connectivity index (χ4n) is 2.33. The highest BCUT2D eigenvalue weighted by molar-refractivity contribution is 5.96. The van der Waals surface area contributed by atoms with E-state index < -0.39 is 5.92 Å². The zero-order chi connectivity index (χ0) is 17.4. The largest absolute Gasteiger partial charge is 0.497 e. The Labute approximate surface area is 140 Å². The standard InChI is InChI=1S/C19H19NO4/c1-24-18-11-9-15(10-12-18)7-8-16(14-20(22)23)13-19(21)17-5-3-2-4-6-17/h2-12,16H,13-14H2,1H3/b8-7+. The second-order valence-electron chi connectivity index (χ2n) is 5.40. The molecule has 2 aromatic carbocycles. The molecule has 0 saturated heterocycles. The third kappa shape index (κ3) is 5.35. The van der Waals surface area contributed by atoms with Crippen LogP contribution in [0.2, 0.25) is 0 Å². The topological polar surface area (TPSA) is 69.4 Å². The summed E-state index contributed by atoms with van der Waals surface area (Å²) >= 11 is 0. The maximum absolute atomic E-state index is 12.3. The molecule has 2 rings (SSSR count). The average Bonchev–Trinajstić information content (AvgIpc) is 2.60. The third-order valence-corrected chi connectivity index (χ3v) is 3.60. The predicted molar refractivity (Wildman–Crippen MR) is 92.8 cm³/mol. The number of nitrogens with zero attached hydrogens (tertiary/aromatic N) is 1. The molecule has 2 aromatic rings. The Kier molecular flexibility index (Phi) is 6.25. The van der Waals surface area contributed by atoms with Crippen LogP contribution in [0.3, 0.4) is 0 Å². The molecule has 0 N–H and O–H groups in total. The van der Waals surface area contributed by atoms with Crippen molar-refractivity contribution in [2.75, 3.05) is 13.7 Å². The Hall–Kier alpha value is -2.95. The van der Waals surface area contributed by atoms with Gasteiger partial charge in [0.1, 0.15) is 5.75 Å². The predicted octanol–water partition coefficient (Wildman–Crippen LogP) is 3.87. The number of ketones is 1. The van der Waals surface area contributed by atoms with Crippen LogP contribution in [0.4, 0.5) is 0 Å². The van der Waals surface area contributed by atoms with E-state index in [0.717, 1.165) is 11.3 Å². The molecule has 0 heterocycles. The first kappa shape index (κ1) is 17.4. The quantitative estimate of drug-likeness (QED) is 0.419. The van der Waals surface area contributed by atoms with Gasteiger partial charge in [0.15, 0.2) is 5.78 Å². The summed E-state index contributed by atoms with van der Waals surface area (Å²) in [6.07, 6.45) is 3.63. The minimum Gasteiger partial charge on any atom is -0.497 e. The van der Waals surface area contributed by atoms with Gasteiger partial charge in [-0.2, -0.15) is 0 Å². The van der Waals surface area contributed by atoms with Gasteiger partial charge in [0, 0.05) is 22.8 Å². The van der Waals surface area contributed by atoms with E-state index in [-0.39, 0.29) is 23.7 Å². The first-order valence-corrected chi connectivity index (χ1v) is 7.61. The average molecular weight is 325 g/mol. The first-order valence-electron chi connectivity index (χ1n) is 7.61. The van der Waals surface area contributed by atoms with Crippen molar-refractivity contribution < 1.29 is 14.5 Å². The lowest BCUT2D eigenvalue weighted by atomic mass is 9.97. The maximum Gasteiger partial charge on any atom is 0.210 e. The molecular weight excluding hydrogens is 306 g/mol. The Morgan fingerprint density at radius 2 is 1.83 bits per heavy atom. The van der Waals surface area contributed by atoms with Gasteiger partial charge in [0.25, 0.3) is 0 Å². The molecule has 5 nitrogen and oxygen atoms in total. The first-order chi connectivity index (χ1) is 11.6. The number of rotatable bonds is 8. The van der Waals surface area contributed by atoms with E-state index in [1.807, 2.05) is 30.3 Å². The Bertz CT molecular complexity index is 708. The van der Waals surface area contributed by atoms with Crippen LogP contribution in [-0.2, 0) is 0 Å². The fourth-order valence-corrected chi connectivity index (χ4v) is 2.33. The summed E-state index contributed by atoms with van der Waals surface area (Å²) in [5.41, 5.74) is 1.47. The highest BCUT2D eigenvalue weighted by Crippen LogP contribution is 2.16. The molecule has 0 fully saturated rings. The van der Waals surface area contributed by atoms with Crippen molar-refractivity contribution in [1.29, 1.82) is 0 Å². The highest BCUT2D eigenvalue weighted by Gasteiger charge is 2.17. The SMILES string of the molecule is COc1ccc(/C=C/C(CC(=O)c2ccccc2)C[N+](=O)[O-])cc1. The van der Waals surface area contributed by atoms with Crippen LogP contribution in [0.1, 0.15) is 22.3 Å². The van der Waals surface area contributed by atoms with Crippen molar-refractivity contribution in [2.24, 2.45) is 5.92 Å². The van der Waals surface area contributed by atoms with E-state index in [2.05, 4.69) is 0 Å². The smallest absolute Gasteiger partial charge is 0.210 e. The van der Waals surface area contributed by atoms with Crippen molar-refractivity contribution in [3.05, 3.63) is 81.9 Å². The van der Waals surface area contributed by atoms with Crippen LogP contribution >= 0.6 is 0 Å². The molecule has 0 saturated carbocycles. The second-order valence-corrected chi connectivity index (χ2v) is 5.40. The summed E-state index contributed by atoms with van der Waals surface area (Å²) in [6.45, 7) is -0.273. The number of ether oxygens (including phenoxy) is 1. The van der Waals surface area contributed by atoms with Crippen molar-refractivity contribution in [1.82, 2.24) is 0 Å². The lowest BCUT2D eigenvalue weighted by molar-refractivity contribution is -0.485. The van der Waals surface area contributed by atoms with Crippen LogP contribution < -0.4 is 4.74 Å². The number of hydrogen-bond acceptors (Lipinski definition) is 4. The lowest BCUT2D eigenvalue weighted by Crippen LogP contribution is -2.16. The van der Waals surface area contributed by atoms with Gasteiger partial charge >= 0.3 is 0 Å². The Morgan fingerprint density at radius 1 is 1.17 bits per heavy atom. The van der Waals surface area contributed by atoms with E-state index >= 15 is 0 Å². The number of nitro groups is 1. The number of carbonyl (C=O) groups is 1. The van der Waals surface area contributed by atoms with Crippen LogP contribution in [0.15, 0.2) is 60.7 Å². The molecule has 0 aliphatic rings. The number of methoxy groups -OCH3 is 1. The third-order valence-electron chi connectivity index (χ3n) is 3.60. The summed E-state index contributed by atoms with van der Waals surface area (Å²) < 4.78 is 5.09. The maximum atomic E-state index is 12.3. The fraction of sp³-hybridized carbons (Fsp3) is 0.211. The normalized spacial score (nSPS) is 12.0. The molecule has 0 bridgehead atoms. The molecule has 124 valence electrons. The molecule has 0 radical (unpaired) electrons. The van der Waals surface area contributed by atoms with Crippen molar-refractivity contribution in [3.8, 4) is 5.75 Å². The number of hydrogen-bond donors (Lipinski definition) is 0. The molecular formula is C19H19NO4. The van der Waals surface area contributed by atoms with Crippen LogP contribution in [-0.4, -0.2) is 24.4 Å². The van der Waals surface area contributed by atoms with Gasteiger partial charge in [-0.3, -0.25) is 14.9 Å². The number of carbonyl (C=O) groups excluding carboxylic acids is 1. The molecule has 1 unspecified atom stereocenters. The number of benzene rings is 2. The lowest BCUT2D eigenvalue weighted by Gasteiger charge is -2.08. The van der Waals surface area contributed by atoms with Crippen molar-refractivity contribution >= 4 is 11.9 Å². The molecule has 1 atom stereocenters. The van der Waals surface area contributed by atoms with E-state index in [1.165, 1.54) is 0 Å². The van der Waals surface area contributed by atoms with Crippen LogP contribution in [0.5, 0.6) is 5.75 Å². The van der Waals surface area contributed by atoms with E-state index in [4.69, 9.17) is 4.74 Å². The molecule has 24 heavy (non-hydrogen) atoms. The summed E-state index contributed by atoms with van der Waals surface area (Å²) in [4.78, 5) is 22.7. The summed E-state index contributed by atoms with van der Waals surface area (Å²) in [7, 11) is 1.59. The Morgan fingerprint density at radius 3 is 2.42 bits per heavy atom. The molecule has 0 spiro atoms.